The minimum Gasteiger partial charge on any atom is -0.352 e. The second kappa shape index (κ2) is 8.85. The topological polar surface area (TPSA) is 89.2 Å². The second-order valence-corrected chi connectivity index (χ2v) is 8.48. The van der Waals surface area contributed by atoms with Gasteiger partial charge >= 0.3 is 0 Å². The number of aromatic nitrogens is 3. The first-order valence-corrected chi connectivity index (χ1v) is 10.7. The average Bonchev–Trinajstić information content (AvgIpc) is 3.49. The number of carbonyl (C=O) groups excluding carboxylic acids is 2. The third-order valence-corrected chi connectivity index (χ3v) is 6.07. The summed E-state index contributed by atoms with van der Waals surface area (Å²) in [6.07, 6.45) is 9.61. The highest BCUT2D eigenvalue weighted by Crippen LogP contribution is 2.27. The molecule has 0 unspecified atom stereocenters. The Bertz CT molecular complexity index is 975. The highest BCUT2D eigenvalue weighted by molar-refractivity contribution is 5.93. The predicted molar refractivity (Wildman–Crippen MR) is 112 cm³/mol. The Kier molecular flexibility index (Phi) is 6.01. The number of imidazole rings is 1. The number of rotatable bonds is 7. The first-order valence-electron chi connectivity index (χ1n) is 10.7. The lowest BCUT2D eigenvalue weighted by molar-refractivity contribution is -0.133. The molecule has 1 saturated heterocycles. The molecule has 160 valence electrons. The van der Waals surface area contributed by atoms with Crippen molar-refractivity contribution in [1.29, 1.82) is 0 Å². The van der Waals surface area contributed by atoms with E-state index >= 15 is 0 Å². The van der Waals surface area contributed by atoms with Crippen LogP contribution in [0.3, 0.4) is 0 Å². The summed E-state index contributed by atoms with van der Waals surface area (Å²) >= 11 is 0. The van der Waals surface area contributed by atoms with Crippen LogP contribution in [0, 0.1) is 18.8 Å². The molecule has 2 aliphatic rings. The first kappa shape index (κ1) is 20.4. The van der Waals surface area contributed by atoms with Crippen LogP contribution in [-0.4, -0.2) is 50.5 Å². The van der Waals surface area contributed by atoms with Crippen molar-refractivity contribution in [2.45, 2.75) is 45.7 Å². The fraction of sp³-hybridized carbons (Fsp3) is 0.545. The van der Waals surface area contributed by atoms with Crippen molar-refractivity contribution >= 4 is 11.8 Å². The molecule has 3 heterocycles. The zero-order chi connectivity index (χ0) is 21.1. The predicted octanol–water partition coefficient (Wildman–Crippen LogP) is 1.43. The van der Waals surface area contributed by atoms with E-state index in [4.69, 9.17) is 0 Å². The van der Waals surface area contributed by atoms with Crippen LogP contribution in [0.15, 0.2) is 35.5 Å². The van der Waals surface area contributed by atoms with E-state index in [1.807, 2.05) is 18.0 Å². The van der Waals surface area contributed by atoms with Gasteiger partial charge in [-0.25, -0.2) is 4.98 Å². The van der Waals surface area contributed by atoms with E-state index in [2.05, 4.69) is 14.9 Å². The molecule has 8 nitrogen and oxygen atoms in total. The summed E-state index contributed by atoms with van der Waals surface area (Å²) in [6.45, 7) is 4.76. The SMILES string of the molecule is Cc1nccn1C[C@H]1CCCN(C(=O)Cn2cccc(C(=O)NCC3CC3)c2=O)C1. The van der Waals surface area contributed by atoms with Gasteiger partial charge in [0, 0.05) is 44.8 Å². The number of amides is 2. The Morgan fingerprint density at radius 2 is 2.00 bits per heavy atom. The number of aryl methyl sites for hydroxylation is 1. The molecule has 1 aliphatic heterocycles. The van der Waals surface area contributed by atoms with Crippen molar-refractivity contribution in [2.75, 3.05) is 19.6 Å². The van der Waals surface area contributed by atoms with Crippen LogP contribution in [-0.2, 0) is 17.9 Å². The number of carbonyl (C=O) groups is 2. The standard InChI is InChI=1S/C22H29N5O3/c1-16-23-8-11-25(16)13-18-4-2-9-26(14-18)20(28)15-27-10-3-5-19(22(27)30)21(29)24-12-17-6-7-17/h3,5,8,10-11,17-18H,2,4,6-7,9,12-15H2,1H3,(H,24,29)/t18-/m1/s1. The molecule has 2 amide bonds. The molecule has 8 heteroatoms. The van der Waals surface area contributed by atoms with Crippen LogP contribution in [0.5, 0.6) is 0 Å². The lowest BCUT2D eigenvalue weighted by Gasteiger charge is -2.33. The molecule has 0 spiro atoms. The molecule has 4 rings (SSSR count). The van der Waals surface area contributed by atoms with Crippen LogP contribution in [0.4, 0.5) is 0 Å². The van der Waals surface area contributed by atoms with Crippen molar-refractivity contribution in [1.82, 2.24) is 24.3 Å². The highest BCUT2D eigenvalue weighted by atomic mass is 16.2. The molecule has 1 saturated carbocycles. The van der Waals surface area contributed by atoms with Gasteiger partial charge in [0.2, 0.25) is 5.91 Å². The number of hydrogen-bond donors (Lipinski definition) is 1. The van der Waals surface area contributed by atoms with Gasteiger partial charge in [0.1, 0.15) is 17.9 Å². The minimum atomic E-state index is -0.415. The molecule has 1 aliphatic carbocycles. The summed E-state index contributed by atoms with van der Waals surface area (Å²) in [5.41, 5.74) is -0.320. The van der Waals surface area contributed by atoms with Crippen LogP contribution in [0.2, 0.25) is 0 Å². The van der Waals surface area contributed by atoms with E-state index < -0.39 is 5.56 Å². The van der Waals surface area contributed by atoms with Crippen molar-refractivity contribution in [2.24, 2.45) is 11.8 Å². The van der Waals surface area contributed by atoms with Crippen LogP contribution in [0.25, 0.3) is 0 Å². The van der Waals surface area contributed by atoms with Gasteiger partial charge in [-0.3, -0.25) is 14.4 Å². The smallest absolute Gasteiger partial charge is 0.263 e. The van der Waals surface area contributed by atoms with Gasteiger partial charge in [0.25, 0.3) is 11.5 Å². The lowest BCUT2D eigenvalue weighted by Crippen LogP contribution is -2.44. The van der Waals surface area contributed by atoms with Gasteiger partial charge in [-0.05, 0) is 56.6 Å². The number of piperidine rings is 1. The van der Waals surface area contributed by atoms with Gasteiger partial charge in [-0.2, -0.15) is 0 Å². The Balaban J connectivity index is 1.38. The third kappa shape index (κ3) is 4.80. The van der Waals surface area contributed by atoms with Crippen LogP contribution < -0.4 is 10.9 Å². The Labute approximate surface area is 175 Å². The zero-order valence-electron chi connectivity index (χ0n) is 17.4. The van der Waals surface area contributed by atoms with E-state index in [1.54, 1.807) is 18.5 Å². The zero-order valence-corrected chi connectivity index (χ0v) is 17.4. The maximum absolute atomic E-state index is 12.9. The second-order valence-electron chi connectivity index (χ2n) is 8.48. The van der Waals surface area contributed by atoms with E-state index in [0.29, 0.717) is 31.5 Å². The number of likely N-dealkylation sites (tertiary alicyclic amines) is 1. The number of pyridine rings is 1. The Morgan fingerprint density at radius 1 is 1.17 bits per heavy atom. The van der Waals surface area contributed by atoms with Crippen molar-refractivity contribution < 1.29 is 9.59 Å². The molecule has 30 heavy (non-hydrogen) atoms. The first-order chi connectivity index (χ1) is 14.5. The molecule has 1 N–H and O–H groups in total. The maximum Gasteiger partial charge on any atom is 0.263 e. The van der Waals surface area contributed by atoms with Gasteiger partial charge in [0.15, 0.2) is 0 Å². The summed E-state index contributed by atoms with van der Waals surface area (Å²) in [4.78, 5) is 44.0. The van der Waals surface area contributed by atoms with Crippen LogP contribution >= 0.6 is 0 Å². The molecular formula is C22H29N5O3. The molecule has 0 bridgehead atoms. The summed E-state index contributed by atoms with van der Waals surface area (Å²) in [5, 5.41) is 2.82. The van der Waals surface area contributed by atoms with Gasteiger partial charge < -0.3 is 19.4 Å². The number of nitrogens with zero attached hydrogens (tertiary/aromatic N) is 4. The molecule has 2 aromatic heterocycles. The molecule has 2 fully saturated rings. The molecule has 0 radical (unpaired) electrons. The van der Waals surface area contributed by atoms with Crippen LogP contribution in [0.1, 0.15) is 41.9 Å². The highest BCUT2D eigenvalue weighted by Gasteiger charge is 2.25. The largest absolute Gasteiger partial charge is 0.352 e. The lowest BCUT2D eigenvalue weighted by atomic mass is 9.97. The fourth-order valence-corrected chi connectivity index (χ4v) is 4.05. The minimum absolute atomic E-state index is 0.0423. The van der Waals surface area contributed by atoms with E-state index in [-0.39, 0.29) is 23.9 Å². The molecule has 0 aromatic carbocycles. The number of nitrogens with one attached hydrogen (secondary N) is 1. The van der Waals surface area contributed by atoms with Gasteiger partial charge in [-0.1, -0.05) is 0 Å². The van der Waals surface area contributed by atoms with Crippen molar-refractivity contribution in [3.63, 3.8) is 0 Å². The van der Waals surface area contributed by atoms with E-state index in [1.165, 1.54) is 10.6 Å². The van der Waals surface area contributed by atoms with E-state index in [0.717, 1.165) is 38.1 Å². The van der Waals surface area contributed by atoms with Gasteiger partial charge in [0.05, 0.1) is 0 Å². The summed E-state index contributed by atoms with van der Waals surface area (Å²) in [7, 11) is 0. The Morgan fingerprint density at radius 3 is 2.73 bits per heavy atom. The van der Waals surface area contributed by atoms with E-state index in [9.17, 15) is 14.4 Å². The van der Waals surface area contributed by atoms with Crippen molar-refractivity contribution in [3.8, 4) is 0 Å². The van der Waals surface area contributed by atoms with Crippen molar-refractivity contribution in [3.05, 3.63) is 52.5 Å². The van der Waals surface area contributed by atoms with Gasteiger partial charge in [-0.15, -0.1) is 0 Å². The third-order valence-electron chi connectivity index (χ3n) is 6.07. The summed E-state index contributed by atoms with van der Waals surface area (Å²) < 4.78 is 3.46. The summed E-state index contributed by atoms with van der Waals surface area (Å²) in [5.74, 6) is 1.44. The monoisotopic (exact) mass is 411 g/mol. The molecular weight excluding hydrogens is 382 g/mol. The Hall–Kier alpha value is -2.90. The maximum atomic E-state index is 12.9. The number of hydrogen-bond acceptors (Lipinski definition) is 4. The fourth-order valence-electron chi connectivity index (χ4n) is 4.05. The normalized spacial score (nSPS) is 19.0. The quantitative estimate of drug-likeness (QED) is 0.747. The average molecular weight is 412 g/mol. The molecule has 1 atom stereocenters. The molecule has 2 aromatic rings. The summed E-state index contributed by atoms with van der Waals surface area (Å²) in [6, 6.07) is 3.18.